The molecule has 6 heteroatoms. The Labute approximate surface area is 121 Å². The molecule has 1 aromatic heterocycles. The monoisotopic (exact) mass is 291 g/mol. The van der Waals surface area contributed by atoms with E-state index in [1.54, 1.807) is 42.6 Å². The van der Waals surface area contributed by atoms with Crippen molar-refractivity contribution in [3.05, 3.63) is 53.2 Å². The molecular formula is C14H14ClN3O2. The maximum absolute atomic E-state index is 12.2. The molecule has 0 aliphatic rings. The van der Waals surface area contributed by atoms with Crippen LogP contribution in [0.2, 0.25) is 5.02 Å². The number of anilines is 2. The number of aromatic nitrogens is 1. The fourth-order valence-electron chi connectivity index (χ4n) is 1.64. The summed E-state index contributed by atoms with van der Waals surface area (Å²) in [5, 5.41) is 15.1. The Hall–Kier alpha value is -2.11. The first-order valence-electron chi connectivity index (χ1n) is 6.07. The van der Waals surface area contributed by atoms with Crippen LogP contribution in [0.25, 0.3) is 0 Å². The van der Waals surface area contributed by atoms with Gasteiger partial charge in [0.2, 0.25) is 0 Å². The highest BCUT2D eigenvalue weighted by atomic mass is 35.5. The summed E-state index contributed by atoms with van der Waals surface area (Å²) < 4.78 is 0. The van der Waals surface area contributed by atoms with E-state index in [4.69, 9.17) is 16.7 Å². The Kier molecular flexibility index (Phi) is 4.92. The van der Waals surface area contributed by atoms with Crippen molar-refractivity contribution in [3.63, 3.8) is 0 Å². The van der Waals surface area contributed by atoms with Crippen LogP contribution in [-0.2, 0) is 0 Å². The van der Waals surface area contributed by atoms with Crippen molar-refractivity contribution >= 4 is 29.0 Å². The second-order valence-corrected chi connectivity index (χ2v) is 4.45. The van der Waals surface area contributed by atoms with Crippen LogP contribution in [0.3, 0.4) is 0 Å². The first-order chi connectivity index (χ1) is 9.70. The third-order valence-electron chi connectivity index (χ3n) is 2.56. The van der Waals surface area contributed by atoms with E-state index in [1.807, 2.05) is 0 Å². The fraction of sp³-hybridized carbons (Fsp3) is 0.143. The molecule has 104 valence electrons. The largest absolute Gasteiger partial charge is 0.395 e. The zero-order valence-corrected chi connectivity index (χ0v) is 11.4. The van der Waals surface area contributed by atoms with Gasteiger partial charge in [-0.2, -0.15) is 0 Å². The molecule has 1 amide bonds. The number of benzene rings is 1. The van der Waals surface area contributed by atoms with E-state index in [0.717, 1.165) is 0 Å². The number of nitrogens with zero attached hydrogens (tertiary/aromatic N) is 1. The number of amides is 1. The Bertz CT molecular complexity index is 587. The predicted octanol–water partition coefficient (Wildman–Crippen LogP) is 2.39. The predicted molar refractivity (Wildman–Crippen MR) is 79.2 cm³/mol. The van der Waals surface area contributed by atoms with Gasteiger partial charge < -0.3 is 15.7 Å². The molecule has 0 saturated heterocycles. The molecule has 0 radical (unpaired) electrons. The summed E-state index contributed by atoms with van der Waals surface area (Å²) in [5.74, 6) is 0.161. The number of hydrogen-bond donors (Lipinski definition) is 3. The van der Waals surface area contributed by atoms with Gasteiger partial charge in [-0.15, -0.1) is 0 Å². The van der Waals surface area contributed by atoms with Crippen molar-refractivity contribution in [1.82, 2.24) is 4.98 Å². The Balaban J connectivity index is 2.14. The van der Waals surface area contributed by atoms with E-state index in [9.17, 15) is 4.79 Å². The molecule has 0 atom stereocenters. The number of aliphatic hydroxyl groups excluding tert-OH is 1. The summed E-state index contributed by atoms with van der Waals surface area (Å²) in [6.07, 6.45) is 1.58. The normalized spacial score (nSPS) is 10.1. The van der Waals surface area contributed by atoms with Gasteiger partial charge in [0.05, 0.1) is 12.2 Å². The number of pyridine rings is 1. The van der Waals surface area contributed by atoms with Gasteiger partial charge in [-0.25, -0.2) is 4.98 Å². The first kappa shape index (κ1) is 14.3. The topological polar surface area (TPSA) is 74.2 Å². The van der Waals surface area contributed by atoms with Gasteiger partial charge in [-0.1, -0.05) is 11.6 Å². The summed E-state index contributed by atoms with van der Waals surface area (Å²) >= 11 is 5.79. The molecule has 3 N–H and O–H groups in total. The van der Waals surface area contributed by atoms with Crippen molar-refractivity contribution in [2.45, 2.75) is 0 Å². The van der Waals surface area contributed by atoms with Crippen molar-refractivity contribution in [3.8, 4) is 0 Å². The van der Waals surface area contributed by atoms with E-state index in [1.165, 1.54) is 0 Å². The van der Waals surface area contributed by atoms with E-state index < -0.39 is 0 Å². The minimum atomic E-state index is -0.277. The van der Waals surface area contributed by atoms with Crippen LogP contribution < -0.4 is 10.6 Å². The standard InChI is InChI=1S/C14H14ClN3O2/c15-10-3-5-11(6-4-10)18-14(20)12-2-1-7-16-13(12)17-8-9-19/h1-7,19H,8-9H2,(H,16,17)(H,18,20). The van der Waals surface area contributed by atoms with Gasteiger partial charge in [-0.05, 0) is 36.4 Å². The fourth-order valence-corrected chi connectivity index (χ4v) is 1.76. The SMILES string of the molecule is O=C(Nc1ccc(Cl)cc1)c1cccnc1NCCO. The molecule has 2 rings (SSSR count). The van der Waals surface area contributed by atoms with Gasteiger partial charge >= 0.3 is 0 Å². The quantitative estimate of drug-likeness (QED) is 0.791. The molecule has 0 saturated carbocycles. The number of halogens is 1. The highest BCUT2D eigenvalue weighted by molar-refractivity contribution is 6.30. The zero-order valence-electron chi connectivity index (χ0n) is 10.6. The number of aliphatic hydroxyl groups is 1. The smallest absolute Gasteiger partial charge is 0.259 e. The van der Waals surface area contributed by atoms with Crippen molar-refractivity contribution in [1.29, 1.82) is 0 Å². The lowest BCUT2D eigenvalue weighted by Crippen LogP contribution is -2.17. The molecule has 0 spiro atoms. The first-order valence-corrected chi connectivity index (χ1v) is 6.45. The summed E-state index contributed by atoms with van der Waals surface area (Å²) in [5.41, 5.74) is 1.06. The Morgan fingerprint density at radius 1 is 1.25 bits per heavy atom. The van der Waals surface area contributed by atoms with Crippen LogP contribution in [0.4, 0.5) is 11.5 Å². The second kappa shape index (κ2) is 6.88. The van der Waals surface area contributed by atoms with Gasteiger partial charge in [0.15, 0.2) is 0 Å². The summed E-state index contributed by atoms with van der Waals surface area (Å²) in [6, 6.07) is 10.2. The molecule has 0 fully saturated rings. The van der Waals surface area contributed by atoms with Gasteiger partial charge in [-0.3, -0.25) is 4.79 Å². The molecular weight excluding hydrogens is 278 g/mol. The number of carbonyl (C=O) groups excluding carboxylic acids is 1. The average molecular weight is 292 g/mol. The van der Waals surface area contributed by atoms with Crippen LogP contribution in [0, 0.1) is 0 Å². The molecule has 5 nitrogen and oxygen atoms in total. The van der Waals surface area contributed by atoms with Crippen molar-refractivity contribution < 1.29 is 9.90 Å². The van der Waals surface area contributed by atoms with Crippen LogP contribution >= 0.6 is 11.6 Å². The lowest BCUT2D eigenvalue weighted by Gasteiger charge is -2.10. The highest BCUT2D eigenvalue weighted by Gasteiger charge is 2.12. The van der Waals surface area contributed by atoms with Gasteiger partial charge in [0.1, 0.15) is 5.82 Å². The van der Waals surface area contributed by atoms with Gasteiger partial charge in [0, 0.05) is 23.5 Å². The highest BCUT2D eigenvalue weighted by Crippen LogP contribution is 2.17. The van der Waals surface area contributed by atoms with Crippen molar-refractivity contribution in [2.24, 2.45) is 0 Å². The maximum Gasteiger partial charge on any atom is 0.259 e. The number of hydrogen-bond acceptors (Lipinski definition) is 4. The zero-order chi connectivity index (χ0) is 14.4. The Morgan fingerprint density at radius 3 is 2.70 bits per heavy atom. The molecule has 1 heterocycles. The van der Waals surface area contributed by atoms with Gasteiger partial charge in [0.25, 0.3) is 5.91 Å². The maximum atomic E-state index is 12.2. The number of carbonyl (C=O) groups is 1. The molecule has 0 unspecified atom stereocenters. The lowest BCUT2D eigenvalue weighted by atomic mass is 10.2. The molecule has 0 aliphatic carbocycles. The van der Waals surface area contributed by atoms with E-state index >= 15 is 0 Å². The number of rotatable bonds is 5. The minimum absolute atomic E-state index is 0.0329. The molecule has 1 aromatic carbocycles. The summed E-state index contributed by atoms with van der Waals surface area (Å²) in [4.78, 5) is 16.3. The lowest BCUT2D eigenvalue weighted by molar-refractivity contribution is 0.102. The minimum Gasteiger partial charge on any atom is -0.395 e. The van der Waals surface area contributed by atoms with E-state index in [2.05, 4.69) is 15.6 Å². The average Bonchev–Trinajstić information content (AvgIpc) is 2.47. The van der Waals surface area contributed by atoms with Crippen LogP contribution in [0.5, 0.6) is 0 Å². The molecule has 0 aliphatic heterocycles. The van der Waals surface area contributed by atoms with E-state index in [0.29, 0.717) is 28.6 Å². The third kappa shape index (κ3) is 3.69. The molecule has 2 aromatic rings. The number of nitrogens with one attached hydrogen (secondary N) is 2. The van der Waals surface area contributed by atoms with Crippen LogP contribution in [0.1, 0.15) is 10.4 Å². The van der Waals surface area contributed by atoms with Crippen LogP contribution in [0.15, 0.2) is 42.6 Å². The van der Waals surface area contributed by atoms with E-state index in [-0.39, 0.29) is 12.5 Å². The third-order valence-corrected chi connectivity index (χ3v) is 2.81. The van der Waals surface area contributed by atoms with Crippen LogP contribution in [-0.4, -0.2) is 29.1 Å². The summed E-state index contributed by atoms with van der Waals surface area (Å²) in [6.45, 7) is 0.299. The van der Waals surface area contributed by atoms with Crippen molar-refractivity contribution in [2.75, 3.05) is 23.8 Å². The Morgan fingerprint density at radius 2 is 2.00 bits per heavy atom. The second-order valence-electron chi connectivity index (χ2n) is 4.01. The molecule has 20 heavy (non-hydrogen) atoms. The summed E-state index contributed by atoms with van der Waals surface area (Å²) in [7, 11) is 0. The molecule has 0 bridgehead atoms.